The van der Waals surface area contributed by atoms with Crippen LogP contribution in [-0.4, -0.2) is 11.6 Å². The van der Waals surface area contributed by atoms with Gasteiger partial charge in [0.1, 0.15) is 6.61 Å². The number of nitrogens with one attached hydrogen (secondary N) is 1. The van der Waals surface area contributed by atoms with E-state index in [1.165, 1.54) is 0 Å². The molecule has 0 atom stereocenters. The summed E-state index contributed by atoms with van der Waals surface area (Å²) in [4.78, 5) is 16.7. The van der Waals surface area contributed by atoms with Gasteiger partial charge in [-0.2, -0.15) is 0 Å². The molecule has 0 aromatic heterocycles. The van der Waals surface area contributed by atoms with Crippen LogP contribution in [0.4, 0.5) is 0 Å². The van der Waals surface area contributed by atoms with Crippen LogP contribution in [0, 0.1) is 0 Å². The van der Waals surface area contributed by atoms with Gasteiger partial charge in [0.25, 0.3) is 5.91 Å². The summed E-state index contributed by atoms with van der Waals surface area (Å²) in [5.41, 5.74) is 1.86. The molecule has 92 valence electrons. The quantitative estimate of drug-likeness (QED) is 0.526. The molecule has 0 bridgehead atoms. The predicted molar refractivity (Wildman–Crippen MR) is 71.4 cm³/mol. The van der Waals surface area contributed by atoms with Crippen LogP contribution in [0.3, 0.4) is 0 Å². The zero-order chi connectivity index (χ0) is 12.8. The highest BCUT2D eigenvalue weighted by atomic mass is 79.9. The van der Waals surface area contributed by atoms with Gasteiger partial charge in [-0.05, 0) is 26.0 Å². The SMILES string of the molecule is CC(C)=NOCc1c(Cl)cccc1C(=O)NBr. The van der Waals surface area contributed by atoms with Crippen molar-refractivity contribution in [2.45, 2.75) is 20.5 Å². The normalized spacial score (nSPS) is 9.65. The molecule has 0 aliphatic rings. The molecule has 1 aromatic rings. The lowest BCUT2D eigenvalue weighted by Gasteiger charge is -2.08. The van der Waals surface area contributed by atoms with Gasteiger partial charge < -0.3 is 4.84 Å². The molecule has 4 nitrogen and oxygen atoms in total. The molecule has 1 rings (SSSR count). The number of nitrogens with zero attached hydrogens (tertiary/aromatic N) is 1. The second-order valence-electron chi connectivity index (χ2n) is 3.50. The van der Waals surface area contributed by atoms with E-state index in [1.54, 1.807) is 18.2 Å². The fraction of sp³-hybridized carbons (Fsp3) is 0.273. The van der Waals surface area contributed by atoms with Crippen molar-refractivity contribution in [3.63, 3.8) is 0 Å². The number of carbonyl (C=O) groups excluding carboxylic acids is 1. The van der Waals surface area contributed by atoms with Crippen LogP contribution in [-0.2, 0) is 11.4 Å². The average Bonchev–Trinajstić information content (AvgIpc) is 2.29. The van der Waals surface area contributed by atoms with Gasteiger partial charge in [0.05, 0.1) is 5.71 Å². The highest BCUT2D eigenvalue weighted by Crippen LogP contribution is 2.21. The molecule has 1 N–H and O–H groups in total. The Balaban J connectivity index is 2.96. The Morgan fingerprint density at radius 3 is 2.82 bits per heavy atom. The molecule has 0 aliphatic carbocycles. The van der Waals surface area contributed by atoms with Crippen molar-refractivity contribution in [2.75, 3.05) is 0 Å². The van der Waals surface area contributed by atoms with E-state index in [0.717, 1.165) is 5.71 Å². The maximum absolute atomic E-state index is 11.6. The molecule has 0 saturated carbocycles. The van der Waals surface area contributed by atoms with E-state index in [2.05, 4.69) is 25.6 Å². The number of rotatable bonds is 4. The minimum absolute atomic E-state index is 0.153. The number of benzene rings is 1. The molecule has 1 aromatic carbocycles. The van der Waals surface area contributed by atoms with Crippen molar-refractivity contribution >= 4 is 39.4 Å². The van der Waals surface area contributed by atoms with E-state index in [1.807, 2.05) is 13.8 Å². The number of hydrogen-bond donors (Lipinski definition) is 1. The van der Waals surface area contributed by atoms with Crippen molar-refractivity contribution in [1.29, 1.82) is 0 Å². The molecule has 1 amide bonds. The Hall–Kier alpha value is -1.07. The summed E-state index contributed by atoms with van der Waals surface area (Å²) >= 11 is 8.91. The number of carbonyl (C=O) groups is 1. The molecule has 0 spiro atoms. The van der Waals surface area contributed by atoms with Crippen molar-refractivity contribution < 1.29 is 9.63 Å². The third-order valence-electron chi connectivity index (χ3n) is 1.91. The molecule has 0 saturated heterocycles. The van der Waals surface area contributed by atoms with E-state index in [9.17, 15) is 4.79 Å². The topological polar surface area (TPSA) is 50.7 Å². The van der Waals surface area contributed by atoms with Crippen LogP contribution in [0.5, 0.6) is 0 Å². The summed E-state index contributed by atoms with van der Waals surface area (Å²) in [5.74, 6) is -0.275. The fourth-order valence-corrected chi connectivity index (χ4v) is 1.64. The highest BCUT2D eigenvalue weighted by molar-refractivity contribution is 9.08. The fourth-order valence-electron chi connectivity index (χ4n) is 1.19. The van der Waals surface area contributed by atoms with Crippen LogP contribution in [0.15, 0.2) is 23.4 Å². The standard InChI is InChI=1S/C11H12BrClN2O2/c1-7(2)15-17-6-9-8(11(16)14-12)4-3-5-10(9)13/h3-5H,6H2,1-2H3,(H,14,16). The van der Waals surface area contributed by atoms with E-state index < -0.39 is 0 Å². The third kappa shape index (κ3) is 4.02. The molecule has 6 heteroatoms. The molecule has 0 radical (unpaired) electrons. The smallest absolute Gasteiger partial charge is 0.261 e. The van der Waals surface area contributed by atoms with Gasteiger partial charge in [0, 0.05) is 32.3 Å². The van der Waals surface area contributed by atoms with Crippen LogP contribution in [0.25, 0.3) is 0 Å². The minimum atomic E-state index is -0.275. The Morgan fingerprint density at radius 2 is 2.24 bits per heavy atom. The Kier molecular flexibility index (Phi) is 5.44. The first-order chi connectivity index (χ1) is 8.06. The van der Waals surface area contributed by atoms with Gasteiger partial charge in [-0.25, -0.2) is 0 Å². The maximum atomic E-state index is 11.6. The molecule has 17 heavy (non-hydrogen) atoms. The van der Waals surface area contributed by atoms with Gasteiger partial charge in [-0.3, -0.25) is 9.14 Å². The third-order valence-corrected chi connectivity index (χ3v) is 2.62. The zero-order valence-corrected chi connectivity index (χ0v) is 11.8. The second kappa shape index (κ2) is 6.61. The van der Waals surface area contributed by atoms with Crippen molar-refractivity contribution in [3.05, 3.63) is 34.3 Å². The molecule has 0 unspecified atom stereocenters. The summed E-state index contributed by atoms with van der Waals surface area (Å²) in [6, 6.07) is 5.08. The summed E-state index contributed by atoms with van der Waals surface area (Å²) < 4.78 is 2.37. The number of hydrogen-bond acceptors (Lipinski definition) is 3. The number of halogens is 2. The largest absolute Gasteiger partial charge is 0.391 e. The Bertz CT molecular complexity index is 445. The van der Waals surface area contributed by atoms with Crippen LogP contribution >= 0.6 is 27.7 Å². The molecular weight excluding hydrogens is 307 g/mol. The van der Waals surface area contributed by atoms with Crippen LogP contribution in [0.2, 0.25) is 5.02 Å². The first-order valence-corrected chi connectivity index (χ1v) is 6.05. The molecular formula is C11H12BrClN2O2. The molecule has 0 aliphatic heterocycles. The van der Waals surface area contributed by atoms with Crippen molar-refractivity contribution in [3.8, 4) is 0 Å². The van der Waals surface area contributed by atoms with Gasteiger partial charge in [0.15, 0.2) is 0 Å². The lowest BCUT2D eigenvalue weighted by atomic mass is 10.1. The minimum Gasteiger partial charge on any atom is -0.391 e. The molecule has 0 fully saturated rings. The van der Waals surface area contributed by atoms with E-state index in [4.69, 9.17) is 16.4 Å². The van der Waals surface area contributed by atoms with E-state index in [-0.39, 0.29) is 12.5 Å². The number of oxime groups is 1. The van der Waals surface area contributed by atoms with Crippen LogP contribution in [0.1, 0.15) is 29.8 Å². The summed E-state index contributed by atoms with van der Waals surface area (Å²) in [6.07, 6.45) is 0. The van der Waals surface area contributed by atoms with Gasteiger partial charge in [-0.1, -0.05) is 22.8 Å². The lowest BCUT2D eigenvalue weighted by Crippen LogP contribution is -2.14. The second-order valence-corrected chi connectivity index (χ2v) is 4.31. The predicted octanol–water partition coefficient (Wildman–Crippen LogP) is 3.29. The van der Waals surface area contributed by atoms with Gasteiger partial charge >= 0.3 is 0 Å². The van der Waals surface area contributed by atoms with Crippen LogP contribution < -0.4 is 4.34 Å². The van der Waals surface area contributed by atoms with Gasteiger partial charge in [-0.15, -0.1) is 0 Å². The summed E-state index contributed by atoms with van der Waals surface area (Å²) in [7, 11) is 0. The zero-order valence-electron chi connectivity index (χ0n) is 9.46. The summed E-state index contributed by atoms with van der Waals surface area (Å²) in [6.45, 7) is 3.79. The Morgan fingerprint density at radius 1 is 1.53 bits per heavy atom. The number of amides is 1. The average molecular weight is 320 g/mol. The highest BCUT2D eigenvalue weighted by Gasteiger charge is 2.13. The van der Waals surface area contributed by atoms with Gasteiger partial charge in [0.2, 0.25) is 0 Å². The lowest BCUT2D eigenvalue weighted by molar-refractivity contribution is 0.0975. The van der Waals surface area contributed by atoms with Crippen molar-refractivity contribution in [2.24, 2.45) is 5.16 Å². The van der Waals surface area contributed by atoms with E-state index in [0.29, 0.717) is 16.1 Å². The Labute approximate surface area is 113 Å². The first kappa shape index (κ1) is 14.0. The first-order valence-electron chi connectivity index (χ1n) is 4.87. The maximum Gasteiger partial charge on any atom is 0.261 e. The monoisotopic (exact) mass is 318 g/mol. The van der Waals surface area contributed by atoms with Crippen molar-refractivity contribution in [1.82, 2.24) is 4.34 Å². The molecule has 0 heterocycles. The summed E-state index contributed by atoms with van der Waals surface area (Å²) in [5, 5.41) is 4.28. The van der Waals surface area contributed by atoms with E-state index >= 15 is 0 Å².